The summed E-state index contributed by atoms with van der Waals surface area (Å²) in [5, 5.41) is 19.9. The third kappa shape index (κ3) is 2.66. The van der Waals surface area contributed by atoms with Crippen LogP contribution in [0.3, 0.4) is 0 Å². The van der Waals surface area contributed by atoms with Crippen molar-refractivity contribution >= 4 is 11.4 Å². The molecule has 1 aliphatic heterocycles. The normalized spacial score (nSPS) is 20.1. The lowest BCUT2D eigenvalue weighted by Crippen LogP contribution is -2.50. The number of hydrogen-bond acceptors (Lipinski definition) is 5. The van der Waals surface area contributed by atoms with Crippen LogP contribution in [0.5, 0.6) is 0 Å². The van der Waals surface area contributed by atoms with Crippen molar-refractivity contribution < 1.29 is 4.92 Å². The van der Waals surface area contributed by atoms with E-state index in [4.69, 9.17) is 5.26 Å². The lowest BCUT2D eigenvalue weighted by Gasteiger charge is -2.39. The van der Waals surface area contributed by atoms with Crippen LogP contribution in [0, 0.1) is 21.4 Å². The van der Waals surface area contributed by atoms with Crippen LogP contribution in [-0.2, 0) is 0 Å². The second kappa shape index (κ2) is 5.24. The van der Waals surface area contributed by atoms with Gasteiger partial charge < -0.3 is 9.80 Å². The van der Waals surface area contributed by atoms with Crippen molar-refractivity contribution in [1.82, 2.24) is 4.90 Å². The van der Waals surface area contributed by atoms with E-state index in [9.17, 15) is 10.1 Å². The molecule has 0 N–H and O–H groups in total. The van der Waals surface area contributed by atoms with Gasteiger partial charge in [0.15, 0.2) is 0 Å². The lowest BCUT2D eigenvalue weighted by molar-refractivity contribution is -0.384. The van der Waals surface area contributed by atoms with E-state index < -0.39 is 4.92 Å². The number of non-ortho nitro benzene ring substituents is 1. The molecular weight excluding hydrogens is 244 g/mol. The van der Waals surface area contributed by atoms with Crippen LogP contribution in [0.15, 0.2) is 18.2 Å². The molecule has 19 heavy (non-hydrogen) atoms. The van der Waals surface area contributed by atoms with Crippen LogP contribution < -0.4 is 4.90 Å². The predicted molar refractivity (Wildman–Crippen MR) is 72.1 cm³/mol. The van der Waals surface area contributed by atoms with E-state index in [1.165, 1.54) is 12.1 Å². The van der Waals surface area contributed by atoms with Gasteiger partial charge in [-0.1, -0.05) is 0 Å². The Labute approximate surface area is 112 Å². The first-order chi connectivity index (χ1) is 9.02. The fourth-order valence-electron chi connectivity index (χ4n) is 2.27. The average Bonchev–Trinajstić information content (AvgIpc) is 2.41. The van der Waals surface area contributed by atoms with E-state index in [2.05, 4.69) is 29.8 Å². The zero-order valence-corrected chi connectivity index (χ0v) is 11.0. The van der Waals surface area contributed by atoms with Gasteiger partial charge in [0.05, 0.1) is 16.2 Å². The number of hydrogen-bond donors (Lipinski definition) is 0. The molecule has 1 fully saturated rings. The molecule has 0 saturated carbocycles. The quantitative estimate of drug-likeness (QED) is 0.596. The first-order valence-electron chi connectivity index (χ1n) is 6.16. The minimum absolute atomic E-state index is 0.0394. The first kappa shape index (κ1) is 13.3. The third-order valence-electron chi connectivity index (χ3n) is 3.61. The molecule has 0 bridgehead atoms. The first-order valence-corrected chi connectivity index (χ1v) is 6.16. The summed E-state index contributed by atoms with van der Waals surface area (Å²) >= 11 is 0. The van der Waals surface area contributed by atoms with Gasteiger partial charge in [-0.15, -0.1) is 0 Å². The molecule has 100 valence electrons. The summed E-state index contributed by atoms with van der Waals surface area (Å²) in [6.45, 7) is 4.70. The van der Waals surface area contributed by atoms with Gasteiger partial charge >= 0.3 is 0 Å². The van der Waals surface area contributed by atoms with E-state index in [-0.39, 0.29) is 5.69 Å². The Bertz CT molecular complexity index is 538. The molecule has 1 aromatic carbocycles. The van der Waals surface area contributed by atoms with E-state index >= 15 is 0 Å². The Hall–Kier alpha value is -2.13. The van der Waals surface area contributed by atoms with Crippen LogP contribution >= 0.6 is 0 Å². The number of nitrogens with zero attached hydrogens (tertiary/aromatic N) is 4. The molecule has 0 aliphatic carbocycles. The van der Waals surface area contributed by atoms with Gasteiger partial charge in [0, 0.05) is 37.8 Å². The summed E-state index contributed by atoms with van der Waals surface area (Å²) in [6.07, 6.45) is 0. The molecule has 1 aliphatic rings. The molecule has 0 amide bonds. The summed E-state index contributed by atoms with van der Waals surface area (Å²) in [5.41, 5.74) is 1.11. The summed E-state index contributed by atoms with van der Waals surface area (Å²) in [6, 6.07) is 6.93. The summed E-state index contributed by atoms with van der Waals surface area (Å²) < 4.78 is 0. The monoisotopic (exact) mass is 260 g/mol. The zero-order valence-electron chi connectivity index (χ0n) is 11.0. The molecule has 1 atom stereocenters. The van der Waals surface area contributed by atoms with Crippen molar-refractivity contribution in [2.45, 2.75) is 13.0 Å². The molecule has 0 aromatic heterocycles. The SMILES string of the molecule is CC1CN(c2ccc([N+](=O)[O-])cc2C#N)CCN1C. The summed E-state index contributed by atoms with van der Waals surface area (Å²) in [4.78, 5) is 14.6. The van der Waals surface area contributed by atoms with Crippen molar-refractivity contribution in [1.29, 1.82) is 5.26 Å². The maximum absolute atomic E-state index is 10.7. The smallest absolute Gasteiger partial charge is 0.270 e. The van der Waals surface area contributed by atoms with Crippen LogP contribution in [0.4, 0.5) is 11.4 Å². The predicted octanol–water partition coefficient (Wildman–Crippen LogP) is 1.61. The highest BCUT2D eigenvalue weighted by Gasteiger charge is 2.23. The highest BCUT2D eigenvalue weighted by atomic mass is 16.6. The van der Waals surface area contributed by atoms with Gasteiger partial charge in [0.25, 0.3) is 5.69 Å². The second-order valence-electron chi connectivity index (χ2n) is 4.85. The molecular formula is C13H16N4O2. The number of rotatable bonds is 2. The van der Waals surface area contributed by atoms with Crippen LogP contribution in [0.1, 0.15) is 12.5 Å². The number of piperazine rings is 1. The molecule has 0 spiro atoms. The zero-order chi connectivity index (χ0) is 14.0. The number of nitro groups is 1. The maximum atomic E-state index is 10.7. The Balaban J connectivity index is 2.30. The highest BCUT2D eigenvalue weighted by Crippen LogP contribution is 2.26. The van der Waals surface area contributed by atoms with Crippen molar-refractivity contribution in [2.75, 3.05) is 31.6 Å². The number of likely N-dealkylation sites (N-methyl/N-ethyl adjacent to an activating group) is 1. The Kier molecular flexibility index (Phi) is 3.67. The Morgan fingerprint density at radius 3 is 2.79 bits per heavy atom. The van der Waals surface area contributed by atoms with Gasteiger partial charge in [-0.25, -0.2) is 0 Å². The van der Waals surface area contributed by atoms with E-state index in [1.807, 2.05) is 0 Å². The fourth-order valence-corrected chi connectivity index (χ4v) is 2.27. The lowest BCUT2D eigenvalue weighted by atomic mass is 10.1. The van der Waals surface area contributed by atoms with Crippen molar-refractivity contribution in [3.8, 4) is 6.07 Å². The van der Waals surface area contributed by atoms with Gasteiger partial charge in [-0.2, -0.15) is 5.26 Å². The van der Waals surface area contributed by atoms with Crippen LogP contribution in [0.25, 0.3) is 0 Å². The van der Waals surface area contributed by atoms with Crippen molar-refractivity contribution in [3.63, 3.8) is 0 Å². The molecule has 1 heterocycles. The number of nitro benzene ring substituents is 1. The van der Waals surface area contributed by atoms with Gasteiger partial charge in [0.1, 0.15) is 6.07 Å². The number of anilines is 1. The van der Waals surface area contributed by atoms with Gasteiger partial charge in [-0.05, 0) is 20.0 Å². The maximum Gasteiger partial charge on any atom is 0.270 e. The van der Waals surface area contributed by atoms with Crippen molar-refractivity contribution in [3.05, 3.63) is 33.9 Å². The van der Waals surface area contributed by atoms with Gasteiger partial charge in [0.2, 0.25) is 0 Å². The second-order valence-corrected chi connectivity index (χ2v) is 4.85. The molecule has 6 heteroatoms. The van der Waals surface area contributed by atoms with E-state index in [1.54, 1.807) is 6.07 Å². The number of nitriles is 1. The summed E-state index contributed by atoms with van der Waals surface area (Å²) in [5.74, 6) is 0. The molecule has 1 saturated heterocycles. The largest absolute Gasteiger partial charge is 0.368 e. The van der Waals surface area contributed by atoms with Crippen LogP contribution in [0.2, 0.25) is 0 Å². The number of benzene rings is 1. The van der Waals surface area contributed by atoms with Crippen molar-refractivity contribution in [2.24, 2.45) is 0 Å². The van der Waals surface area contributed by atoms with Gasteiger partial charge in [-0.3, -0.25) is 10.1 Å². The topological polar surface area (TPSA) is 73.4 Å². The molecule has 1 aromatic rings. The minimum atomic E-state index is -0.475. The van der Waals surface area contributed by atoms with E-state index in [0.717, 1.165) is 25.3 Å². The standard InChI is InChI=1S/C13H16N4O2/c1-10-9-16(6-5-15(10)2)13-4-3-12(17(18)19)7-11(13)8-14/h3-4,7,10H,5-6,9H2,1-2H3. The fraction of sp³-hybridized carbons (Fsp3) is 0.462. The Morgan fingerprint density at radius 1 is 1.47 bits per heavy atom. The Morgan fingerprint density at radius 2 is 2.21 bits per heavy atom. The minimum Gasteiger partial charge on any atom is -0.368 e. The summed E-state index contributed by atoms with van der Waals surface area (Å²) in [7, 11) is 2.07. The molecule has 1 unspecified atom stereocenters. The average molecular weight is 260 g/mol. The third-order valence-corrected chi connectivity index (χ3v) is 3.61. The highest BCUT2D eigenvalue weighted by molar-refractivity contribution is 5.63. The molecule has 6 nitrogen and oxygen atoms in total. The molecule has 2 rings (SSSR count). The van der Waals surface area contributed by atoms with Crippen LogP contribution in [-0.4, -0.2) is 42.5 Å². The molecule has 0 radical (unpaired) electrons. The van der Waals surface area contributed by atoms with E-state index in [0.29, 0.717) is 11.6 Å².